The van der Waals surface area contributed by atoms with Crippen LogP contribution in [0.25, 0.3) is 0 Å². The third kappa shape index (κ3) is 9.48. The van der Waals surface area contributed by atoms with Gasteiger partial charge in [-0.3, -0.25) is 0 Å². The van der Waals surface area contributed by atoms with E-state index in [9.17, 15) is 14.4 Å². The van der Waals surface area contributed by atoms with Crippen molar-refractivity contribution in [3.05, 3.63) is 12.2 Å². The number of methoxy groups -OCH3 is 1. The molecule has 0 aromatic heterocycles. The van der Waals surface area contributed by atoms with Crippen LogP contribution in [0.4, 0.5) is 4.79 Å². The van der Waals surface area contributed by atoms with Gasteiger partial charge in [0.05, 0.1) is 19.3 Å². The van der Waals surface area contributed by atoms with Crippen LogP contribution in [-0.2, 0) is 23.8 Å². The Kier molecular flexibility index (Phi) is 8.84. The van der Waals surface area contributed by atoms with Gasteiger partial charge in [-0.1, -0.05) is 13.8 Å². The van der Waals surface area contributed by atoms with Crippen molar-refractivity contribution in [1.82, 2.24) is 5.32 Å². The lowest BCUT2D eigenvalue weighted by Crippen LogP contribution is -2.43. The third-order valence-electron chi connectivity index (χ3n) is 2.41. The topological polar surface area (TPSA) is 90.9 Å². The van der Waals surface area contributed by atoms with Gasteiger partial charge in [0.2, 0.25) is 0 Å². The summed E-state index contributed by atoms with van der Waals surface area (Å²) in [7, 11) is 1.21. The normalized spacial score (nSPS) is 12.3. The van der Waals surface area contributed by atoms with Crippen molar-refractivity contribution in [2.75, 3.05) is 13.7 Å². The largest absolute Gasteiger partial charge is 0.466 e. The summed E-state index contributed by atoms with van der Waals surface area (Å²) in [6, 6.07) is -0.383. The van der Waals surface area contributed by atoms with Crippen LogP contribution in [0.5, 0.6) is 0 Å². The van der Waals surface area contributed by atoms with E-state index in [4.69, 9.17) is 9.47 Å². The molecule has 0 spiro atoms. The smallest absolute Gasteiger partial charge is 0.407 e. The van der Waals surface area contributed by atoms with Gasteiger partial charge >= 0.3 is 18.0 Å². The van der Waals surface area contributed by atoms with E-state index in [1.165, 1.54) is 7.11 Å². The summed E-state index contributed by atoms with van der Waals surface area (Å²) in [4.78, 5) is 33.7. The minimum atomic E-state index is -0.690. The average molecular weight is 301 g/mol. The van der Waals surface area contributed by atoms with E-state index in [1.807, 2.05) is 13.8 Å². The summed E-state index contributed by atoms with van der Waals surface area (Å²) in [5.41, 5.74) is 0. The van der Waals surface area contributed by atoms with Crippen molar-refractivity contribution >= 4 is 18.0 Å². The number of ether oxygens (including phenoxy) is 3. The molecule has 0 aromatic rings. The van der Waals surface area contributed by atoms with Gasteiger partial charge in [0.15, 0.2) is 0 Å². The molecule has 0 unspecified atom stereocenters. The van der Waals surface area contributed by atoms with Gasteiger partial charge in [-0.15, -0.1) is 0 Å². The van der Waals surface area contributed by atoms with Crippen LogP contribution in [0.15, 0.2) is 12.2 Å². The molecule has 7 nitrogen and oxygen atoms in total. The first-order valence-corrected chi connectivity index (χ1v) is 6.66. The van der Waals surface area contributed by atoms with E-state index in [0.29, 0.717) is 0 Å². The van der Waals surface area contributed by atoms with E-state index < -0.39 is 18.0 Å². The molecule has 0 radical (unpaired) electrons. The summed E-state index contributed by atoms with van der Waals surface area (Å²) in [5.74, 6) is -1.29. The molecule has 0 saturated heterocycles. The van der Waals surface area contributed by atoms with Crippen molar-refractivity contribution in [3.8, 4) is 0 Å². The molecule has 1 amide bonds. The number of rotatable bonds is 7. The second kappa shape index (κ2) is 9.79. The lowest BCUT2D eigenvalue weighted by atomic mass is 10.1. The van der Waals surface area contributed by atoms with Gasteiger partial charge in [-0.2, -0.15) is 0 Å². The number of carbonyl (C=O) groups excluding carboxylic acids is 3. The van der Waals surface area contributed by atoms with Crippen molar-refractivity contribution in [2.45, 2.75) is 39.8 Å². The average Bonchev–Trinajstić information content (AvgIpc) is 2.39. The first-order chi connectivity index (χ1) is 9.76. The first kappa shape index (κ1) is 18.9. The second-order valence-corrected chi connectivity index (χ2v) is 4.94. The molecule has 0 saturated carbocycles. The van der Waals surface area contributed by atoms with Crippen molar-refractivity contribution in [2.24, 2.45) is 5.92 Å². The molecule has 21 heavy (non-hydrogen) atoms. The fourth-order valence-electron chi connectivity index (χ4n) is 1.22. The van der Waals surface area contributed by atoms with Gasteiger partial charge in [-0.05, 0) is 19.8 Å². The molecule has 0 rings (SSSR count). The zero-order valence-electron chi connectivity index (χ0n) is 13.0. The van der Waals surface area contributed by atoms with Crippen LogP contribution in [0, 0.1) is 5.92 Å². The van der Waals surface area contributed by atoms with Crippen LogP contribution in [-0.4, -0.2) is 43.9 Å². The van der Waals surface area contributed by atoms with Crippen molar-refractivity contribution < 1.29 is 28.6 Å². The highest BCUT2D eigenvalue weighted by Crippen LogP contribution is 2.04. The number of nitrogens with one attached hydrogen (secondary N) is 1. The molecule has 7 heteroatoms. The molecule has 0 heterocycles. The Labute approximate surface area is 124 Å². The molecule has 0 aromatic carbocycles. The quantitative estimate of drug-likeness (QED) is 0.434. The Morgan fingerprint density at radius 3 is 2.10 bits per heavy atom. The second-order valence-electron chi connectivity index (χ2n) is 4.94. The van der Waals surface area contributed by atoms with Gasteiger partial charge in [0.25, 0.3) is 0 Å². The molecule has 120 valence electrons. The predicted molar refractivity (Wildman–Crippen MR) is 75.5 cm³/mol. The summed E-state index contributed by atoms with van der Waals surface area (Å²) in [5, 5.41) is 2.63. The molecule has 1 atom stereocenters. The lowest BCUT2D eigenvalue weighted by Gasteiger charge is -2.22. The van der Waals surface area contributed by atoms with Gasteiger partial charge < -0.3 is 19.5 Å². The number of hydrogen-bond acceptors (Lipinski definition) is 6. The number of amides is 1. The highest BCUT2D eigenvalue weighted by molar-refractivity contribution is 5.91. The molecular formula is C14H23NO6. The minimum Gasteiger partial charge on any atom is -0.466 e. The summed E-state index contributed by atoms with van der Waals surface area (Å²) < 4.78 is 14.3. The van der Waals surface area contributed by atoms with Gasteiger partial charge in [0, 0.05) is 12.2 Å². The molecule has 1 N–H and O–H groups in total. The van der Waals surface area contributed by atoms with E-state index >= 15 is 0 Å². The monoisotopic (exact) mass is 301 g/mol. The summed E-state index contributed by atoms with van der Waals surface area (Å²) >= 11 is 0. The molecular weight excluding hydrogens is 278 g/mol. The lowest BCUT2D eigenvalue weighted by molar-refractivity contribution is -0.140. The van der Waals surface area contributed by atoms with E-state index in [2.05, 4.69) is 10.1 Å². The van der Waals surface area contributed by atoms with E-state index in [0.717, 1.165) is 12.2 Å². The van der Waals surface area contributed by atoms with Crippen molar-refractivity contribution in [3.63, 3.8) is 0 Å². The van der Waals surface area contributed by atoms with Gasteiger partial charge in [0.1, 0.15) is 6.61 Å². The maximum Gasteiger partial charge on any atom is 0.407 e. The predicted octanol–water partition coefficient (Wildman–Crippen LogP) is 1.42. The molecule has 0 aliphatic carbocycles. The maximum atomic E-state index is 11.5. The summed E-state index contributed by atoms with van der Waals surface area (Å²) in [6.45, 7) is 7.20. The molecule has 0 bridgehead atoms. The first-order valence-electron chi connectivity index (χ1n) is 6.66. The van der Waals surface area contributed by atoms with E-state index in [1.54, 1.807) is 13.8 Å². The fraction of sp³-hybridized carbons (Fsp3) is 0.643. The van der Waals surface area contributed by atoms with Crippen LogP contribution in [0.3, 0.4) is 0 Å². The zero-order valence-corrected chi connectivity index (χ0v) is 13.0. The Hall–Kier alpha value is -2.05. The van der Waals surface area contributed by atoms with Crippen LogP contribution in [0.2, 0.25) is 0 Å². The number of esters is 2. The minimum absolute atomic E-state index is 0.0186. The number of alkyl carbamates (subject to hydrolysis) is 1. The summed E-state index contributed by atoms with van der Waals surface area (Å²) in [6.07, 6.45) is 1.14. The molecule has 0 aliphatic rings. The Morgan fingerprint density at radius 1 is 1.05 bits per heavy atom. The maximum absolute atomic E-state index is 11.5. The highest BCUT2D eigenvalue weighted by atomic mass is 16.6. The molecule has 0 aliphatic heterocycles. The van der Waals surface area contributed by atoms with E-state index in [-0.39, 0.29) is 24.7 Å². The fourth-order valence-corrected chi connectivity index (χ4v) is 1.22. The third-order valence-corrected chi connectivity index (χ3v) is 2.41. The number of hydrogen-bond donors (Lipinski definition) is 1. The van der Waals surface area contributed by atoms with Crippen LogP contribution in [0.1, 0.15) is 27.7 Å². The SMILES string of the molecule is COC(=O)/C=C/C(=O)OC[C@@H](NC(=O)OC(C)C)C(C)C. The standard InChI is InChI=1S/C14H23NO6/c1-9(2)11(15-14(18)21-10(3)4)8-20-13(17)7-6-12(16)19-5/h6-7,9-11H,8H2,1-5H3,(H,15,18)/b7-6+/t11-/m1/s1. The Morgan fingerprint density at radius 2 is 1.62 bits per heavy atom. The number of carbonyl (C=O) groups is 3. The highest BCUT2D eigenvalue weighted by Gasteiger charge is 2.19. The zero-order chi connectivity index (χ0) is 16.4. The van der Waals surface area contributed by atoms with Crippen LogP contribution >= 0.6 is 0 Å². The molecule has 0 fully saturated rings. The van der Waals surface area contributed by atoms with Crippen molar-refractivity contribution in [1.29, 1.82) is 0 Å². The Bertz CT molecular complexity index is 389. The van der Waals surface area contributed by atoms with Gasteiger partial charge in [-0.25, -0.2) is 14.4 Å². The Balaban J connectivity index is 4.33. The van der Waals surface area contributed by atoms with Crippen LogP contribution < -0.4 is 5.32 Å².